The summed E-state index contributed by atoms with van der Waals surface area (Å²) >= 11 is 0. The Kier molecular flexibility index (Phi) is 4.57. The highest BCUT2D eigenvalue weighted by molar-refractivity contribution is 5.91. The van der Waals surface area contributed by atoms with Crippen molar-refractivity contribution in [3.63, 3.8) is 0 Å². The Morgan fingerprint density at radius 1 is 1.18 bits per heavy atom. The molecule has 3 rings (SSSR count). The van der Waals surface area contributed by atoms with Crippen LogP contribution in [0.5, 0.6) is 5.75 Å². The van der Waals surface area contributed by atoms with E-state index >= 15 is 0 Å². The molecule has 1 heterocycles. The number of nitrogens with zero attached hydrogens (tertiary/aromatic N) is 2. The molecule has 0 spiro atoms. The highest BCUT2D eigenvalue weighted by atomic mass is 16.5. The van der Waals surface area contributed by atoms with Crippen LogP contribution >= 0.6 is 0 Å². The fourth-order valence-electron chi connectivity index (χ4n) is 3.28. The molecule has 114 valence electrons. The van der Waals surface area contributed by atoms with E-state index < -0.39 is 0 Å². The Hall–Kier alpha value is -2.09. The summed E-state index contributed by atoms with van der Waals surface area (Å²) in [5.74, 6) is 0.885. The first-order valence-corrected chi connectivity index (χ1v) is 7.72. The van der Waals surface area contributed by atoms with E-state index in [1.807, 2.05) is 18.2 Å². The van der Waals surface area contributed by atoms with Crippen molar-refractivity contribution in [2.24, 2.45) is 0 Å². The smallest absolute Gasteiger partial charge is 0.126 e. The second-order valence-corrected chi connectivity index (χ2v) is 5.57. The lowest BCUT2D eigenvalue weighted by molar-refractivity contribution is 0.176. The zero-order valence-corrected chi connectivity index (χ0v) is 12.9. The first-order chi connectivity index (χ1) is 10.8. The first-order valence-electron chi connectivity index (χ1n) is 7.72. The number of ether oxygens (including phenoxy) is 1. The summed E-state index contributed by atoms with van der Waals surface area (Å²) in [5, 5.41) is 15.0. The standard InChI is InChI=1S/C18H21N3O/c1-22-18-7-6-15(14-4-2-3-5-16(14)18)17(8-9-19)21-12-10-20-11-13-21/h2-7,17,20H,8,10-13H2,1H3/t17-/m0/s1. The molecule has 0 bridgehead atoms. The molecule has 0 saturated carbocycles. The number of piperazine rings is 1. The minimum atomic E-state index is 0.142. The minimum Gasteiger partial charge on any atom is -0.496 e. The van der Waals surface area contributed by atoms with Crippen molar-refractivity contribution >= 4 is 10.8 Å². The van der Waals surface area contributed by atoms with E-state index in [-0.39, 0.29) is 6.04 Å². The molecule has 0 aliphatic carbocycles. The van der Waals surface area contributed by atoms with Gasteiger partial charge in [-0.3, -0.25) is 4.90 Å². The summed E-state index contributed by atoms with van der Waals surface area (Å²) in [7, 11) is 1.70. The lowest BCUT2D eigenvalue weighted by atomic mass is 9.95. The third kappa shape index (κ3) is 2.78. The molecule has 1 aliphatic rings. The van der Waals surface area contributed by atoms with Crippen LogP contribution in [0, 0.1) is 11.3 Å². The van der Waals surface area contributed by atoms with E-state index in [1.54, 1.807) is 7.11 Å². The first kappa shape index (κ1) is 14.8. The Labute approximate surface area is 131 Å². The van der Waals surface area contributed by atoms with Gasteiger partial charge in [-0.1, -0.05) is 30.3 Å². The number of hydrogen-bond acceptors (Lipinski definition) is 4. The molecule has 0 amide bonds. The molecule has 0 aromatic heterocycles. The predicted molar refractivity (Wildman–Crippen MR) is 87.9 cm³/mol. The van der Waals surface area contributed by atoms with Gasteiger partial charge in [0, 0.05) is 37.6 Å². The van der Waals surface area contributed by atoms with Crippen molar-refractivity contribution in [1.29, 1.82) is 5.26 Å². The third-order valence-corrected chi connectivity index (χ3v) is 4.37. The van der Waals surface area contributed by atoms with E-state index in [1.165, 1.54) is 10.9 Å². The summed E-state index contributed by atoms with van der Waals surface area (Å²) in [6, 6.07) is 14.9. The highest BCUT2D eigenvalue weighted by Gasteiger charge is 2.24. The van der Waals surface area contributed by atoms with Crippen LogP contribution in [0.1, 0.15) is 18.0 Å². The Morgan fingerprint density at radius 3 is 2.59 bits per heavy atom. The van der Waals surface area contributed by atoms with Crippen molar-refractivity contribution in [2.45, 2.75) is 12.5 Å². The molecule has 22 heavy (non-hydrogen) atoms. The van der Waals surface area contributed by atoms with Gasteiger partial charge < -0.3 is 10.1 Å². The molecular formula is C18H21N3O. The van der Waals surface area contributed by atoms with Crippen LogP contribution in [0.4, 0.5) is 0 Å². The maximum atomic E-state index is 9.28. The van der Waals surface area contributed by atoms with Crippen LogP contribution in [0.15, 0.2) is 36.4 Å². The van der Waals surface area contributed by atoms with E-state index in [0.717, 1.165) is 37.3 Å². The Balaban J connectivity index is 2.07. The number of fused-ring (bicyclic) bond motifs is 1. The van der Waals surface area contributed by atoms with Gasteiger partial charge in [0.2, 0.25) is 0 Å². The van der Waals surface area contributed by atoms with Crippen molar-refractivity contribution in [1.82, 2.24) is 10.2 Å². The summed E-state index contributed by atoms with van der Waals surface area (Å²) in [5.41, 5.74) is 1.22. The van der Waals surface area contributed by atoms with Gasteiger partial charge in [0.25, 0.3) is 0 Å². The third-order valence-electron chi connectivity index (χ3n) is 4.37. The van der Waals surface area contributed by atoms with Crippen molar-refractivity contribution < 1.29 is 4.74 Å². The molecular weight excluding hydrogens is 274 g/mol. The van der Waals surface area contributed by atoms with Crippen LogP contribution in [0.2, 0.25) is 0 Å². The van der Waals surface area contributed by atoms with Gasteiger partial charge in [-0.05, 0) is 17.0 Å². The molecule has 1 N–H and O–H groups in total. The minimum absolute atomic E-state index is 0.142. The second-order valence-electron chi connectivity index (χ2n) is 5.57. The lowest BCUT2D eigenvalue weighted by Crippen LogP contribution is -2.45. The molecule has 0 radical (unpaired) electrons. The topological polar surface area (TPSA) is 48.3 Å². The molecule has 1 aliphatic heterocycles. The number of nitriles is 1. The largest absolute Gasteiger partial charge is 0.496 e. The van der Waals surface area contributed by atoms with Crippen LogP contribution in [-0.4, -0.2) is 38.2 Å². The maximum Gasteiger partial charge on any atom is 0.126 e. The average molecular weight is 295 g/mol. The molecule has 2 aromatic carbocycles. The fraction of sp³-hybridized carbons (Fsp3) is 0.389. The molecule has 4 heteroatoms. The van der Waals surface area contributed by atoms with Gasteiger partial charge in [0.15, 0.2) is 0 Å². The Morgan fingerprint density at radius 2 is 1.91 bits per heavy atom. The van der Waals surface area contributed by atoms with Crippen molar-refractivity contribution in [3.8, 4) is 11.8 Å². The van der Waals surface area contributed by atoms with Gasteiger partial charge in [-0.25, -0.2) is 0 Å². The summed E-state index contributed by atoms with van der Waals surface area (Å²) in [6.45, 7) is 3.92. The van der Waals surface area contributed by atoms with Gasteiger partial charge in [0.1, 0.15) is 5.75 Å². The lowest BCUT2D eigenvalue weighted by Gasteiger charge is -2.34. The average Bonchev–Trinajstić information content (AvgIpc) is 2.60. The van der Waals surface area contributed by atoms with Crippen LogP contribution in [0.25, 0.3) is 10.8 Å². The second kappa shape index (κ2) is 6.78. The van der Waals surface area contributed by atoms with Gasteiger partial charge in [-0.15, -0.1) is 0 Å². The zero-order chi connectivity index (χ0) is 15.4. The normalized spacial score (nSPS) is 17.1. The summed E-state index contributed by atoms with van der Waals surface area (Å²) in [6.07, 6.45) is 0.510. The summed E-state index contributed by atoms with van der Waals surface area (Å²) < 4.78 is 5.48. The van der Waals surface area contributed by atoms with Crippen LogP contribution in [-0.2, 0) is 0 Å². The SMILES string of the molecule is COc1ccc([C@H](CC#N)N2CCNCC2)c2ccccc12. The Bertz CT molecular complexity index is 686. The highest BCUT2D eigenvalue weighted by Crippen LogP contribution is 2.35. The number of nitrogens with one attached hydrogen (secondary N) is 1. The maximum absolute atomic E-state index is 9.28. The van der Waals surface area contributed by atoms with E-state index in [9.17, 15) is 5.26 Å². The number of hydrogen-bond donors (Lipinski definition) is 1. The zero-order valence-electron chi connectivity index (χ0n) is 12.9. The fourth-order valence-corrected chi connectivity index (χ4v) is 3.28. The van der Waals surface area contributed by atoms with Gasteiger partial charge in [0.05, 0.1) is 19.6 Å². The molecule has 1 fully saturated rings. The summed E-state index contributed by atoms with van der Waals surface area (Å²) in [4.78, 5) is 2.41. The molecule has 1 saturated heterocycles. The quantitative estimate of drug-likeness (QED) is 0.942. The van der Waals surface area contributed by atoms with Crippen LogP contribution in [0.3, 0.4) is 0 Å². The van der Waals surface area contributed by atoms with E-state index in [0.29, 0.717) is 6.42 Å². The molecule has 2 aromatic rings. The predicted octanol–water partition coefficient (Wildman–Crippen LogP) is 2.71. The van der Waals surface area contributed by atoms with Gasteiger partial charge in [-0.2, -0.15) is 5.26 Å². The monoisotopic (exact) mass is 295 g/mol. The molecule has 1 atom stereocenters. The molecule has 4 nitrogen and oxygen atoms in total. The van der Waals surface area contributed by atoms with E-state index in [2.05, 4.69) is 34.5 Å². The number of rotatable bonds is 4. The van der Waals surface area contributed by atoms with E-state index in [4.69, 9.17) is 4.74 Å². The number of benzene rings is 2. The van der Waals surface area contributed by atoms with Crippen molar-refractivity contribution in [3.05, 3.63) is 42.0 Å². The van der Waals surface area contributed by atoms with Crippen molar-refractivity contribution in [2.75, 3.05) is 33.3 Å². The molecule has 0 unspecified atom stereocenters. The van der Waals surface area contributed by atoms with Gasteiger partial charge >= 0.3 is 0 Å². The number of methoxy groups -OCH3 is 1. The van der Waals surface area contributed by atoms with Crippen LogP contribution < -0.4 is 10.1 Å².